The monoisotopic (exact) mass is 125 g/mol. The van der Waals surface area contributed by atoms with Gasteiger partial charge in [-0.1, -0.05) is 6.92 Å². The quantitative estimate of drug-likeness (QED) is 0.569. The fourth-order valence-electron chi connectivity index (χ4n) is 0.228. The Balaban J connectivity index is 3.10. The molecule has 0 heterocycles. The molecule has 50 valence electrons. The number of alkyl halides is 2. The first-order valence-corrected chi connectivity index (χ1v) is 2.36. The highest BCUT2D eigenvalue weighted by Gasteiger charge is 2.06. The summed E-state index contributed by atoms with van der Waals surface area (Å²) in [5.41, 5.74) is 4.97. The second-order valence-corrected chi connectivity index (χ2v) is 1.34. The third kappa shape index (κ3) is 3.95. The number of ether oxygens (including phenoxy) is 1. The Bertz CT molecular complexity index is 60.0. The second kappa shape index (κ2) is 3.74. The van der Waals surface area contributed by atoms with E-state index in [4.69, 9.17) is 5.73 Å². The van der Waals surface area contributed by atoms with E-state index in [0.29, 0.717) is 6.42 Å². The van der Waals surface area contributed by atoms with Crippen molar-refractivity contribution in [3.63, 3.8) is 0 Å². The van der Waals surface area contributed by atoms with Crippen LogP contribution in [0.15, 0.2) is 0 Å². The van der Waals surface area contributed by atoms with Crippen LogP contribution in [0.3, 0.4) is 0 Å². The molecular weight excluding hydrogens is 116 g/mol. The van der Waals surface area contributed by atoms with Crippen molar-refractivity contribution in [2.45, 2.75) is 26.2 Å². The molecule has 8 heavy (non-hydrogen) atoms. The van der Waals surface area contributed by atoms with Gasteiger partial charge in [0.05, 0.1) is 0 Å². The minimum Gasteiger partial charge on any atom is -0.306 e. The Labute approximate surface area is 46.6 Å². The Morgan fingerprint density at radius 2 is 2.12 bits per heavy atom. The van der Waals surface area contributed by atoms with Crippen LogP contribution in [0.2, 0.25) is 0 Å². The zero-order valence-electron chi connectivity index (χ0n) is 4.60. The van der Waals surface area contributed by atoms with Crippen molar-refractivity contribution >= 4 is 0 Å². The first-order chi connectivity index (χ1) is 3.66. The molecule has 0 saturated heterocycles. The van der Waals surface area contributed by atoms with Gasteiger partial charge in [0, 0.05) is 0 Å². The zero-order valence-corrected chi connectivity index (χ0v) is 4.60. The van der Waals surface area contributed by atoms with Crippen molar-refractivity contribution in [2.75, 3.05) is 0 Å². The molecule has 2 N–H and O–H groups in total. The highest BCUT2D eigenvalue weighted by atomic mass is 19.3. The van der Waals surface area contributed by atoms with E-state index in [1.165, 1.54) is 0 Å². The summed E-state index contributed by atoms with van der Waals surface area (Å²) in [5, 5.41) is 0. The second-order valence-electron chi connectivity index (χ2n) is 1.34. The maximum atomic E-state index is 11.2. The first kappa shape index (κ1) is 7.78. The molecular formula is C4H9F2NO. The van der Waals surface area contributed by atoms with E-state index >= 15 is 0 Å². The van der Waals surface area contributed by atoms with Gasteiger partial charge in [0.15, 0.2) is 0 Å². The molecule has 1 atom stereocenters. The molecule has 0 unspecified atom stereocenters. The van der Waals surface area contributed by atoms with Crippen LogP contribution in [0, 0.1) is 0 Å². The predicted molar refractivity (Wildman–Crippen MR) is 25.4 cm³/mol. The smallest absolute Gasteiger partial charge is 0.306 e. The molecule has 4 heteroatoms. The Kier molecular flexibility index (Phi) is 3.64. The summed E-state index contributed by atoms with van der Waals surface area (Å²) in [4.78, 5) is 0. The molecule has 0 radical (unpaired) electrons. The van der Waals surface area contributed by atoms with Crippen molar-refractivity contribution < 1.29 is 13.5 Å². The SMILES string of the molecule is CC[C@@H](N)OC(F)F. The van der Waals surface area contributed by atoms with Gasteiger partial charge in [-0.05, 0) is 6.42 Å². The predicted octanol–water partition coefficient (Wildman–Crippen LogP) is 0.920. The maximum absolute atomic E-state index is 11.2. The summed E-state index contributed by atoms with van der Waals surface area (Å²) < 4.78 is 26.2. The molecule has 2 nitrogen and oxygen atoms in total. The van der Waals surface area contributed by atoms with Gasteiger partial charge in [-0.15, -0.1) is 0 Å². The summed E-state index contributed by atoms with van der Waals surface area (Å²) >= 11 is 0. The lowest BCUT2D eigenvalue weighted by molar-refractivity contribution is -0.161. The third-order valence-corrected chi connectivity index (χ3v) is 0.680. The fraction of sp³-hybridized carbons (Fsp3) is 1.00. The normalized spacial score (nSPS) is 14.6. The van der Waals surface area contributed by atoms with E-state index in [9.17, 15) is 8.78 Å². The average Bonchev–Trinajstić information content (AvgIpc) is 1.65. The van der Waals surface area contributed by atoms with Crippen LogP contribution in [0.4, 0.5) is 8.78 Å². The van der Waals surface area contributed by atoms with Crippen LogP contribution >= 0.6 is 0 Å². The van der Waals surface area contributed by atoms with Crippen LogP contribution in [-0.4, -0.2) is 12.8 Å². The lowest BCUT2D eigenvalue weighted by Gasteiger charge is -2.07. The van der Waals surface area contributed by atoms with Gasteiger partial charge in [0.2, 0.25) is 0 Å². The van der Waals surface area contributed by atoms with Crippen LogP contribution in [0.5, 0.6) is 0 Å². The standard InChI is InChI=1S/C4H9F2NO/c1-2-3(7)8-4(5)6/h3-4H,2,7H2,1H3/t3-/m0/s1. The lowest BCUT2D eigenvalue weighted by Crippen LogP contribution is -2.24. The molecule has 0 rings (SSSR count). The van der Waals surface area contributed by atoms with Crippen LogP contribution < -0.4 is 5.73 Å². The molecule has 0 fully saturated rings. The third-order valence-electron chi connectivity index (χ3n) is 0.680. The van der Waals surface area contributed by atoms with E-state index in [2.05, 4.69) is 4.74 Å². The Morgan fingerprint density at radius 3 is 2.25 bits per heavy atom. The van der Waals surface area contributed by atoms with Crippen molar-refractivity contribution in [1.29, 1.82) is 0 Å². The molecule has 0 bridgehead atoms. The summed E-state index contributed by atoms with van der Waals surface area (Å²) in [7, 11) is 0. The number of hydrogen-bond acceptors (Lipinski definition) is 2. The van der Waals surface area contributed by atoms with Gasteiger partial charge >= 0.3 is 6.61 Å². The number of rotatable bonds is 3. The molecule has 0 aliphatic rings. The topological polar surface area (TPSA) is 35.2 Å². The van der Waals surface area contributed by atoms with Gasteiger partial charge in [0.25, 0.3) is 0 Å². The Hall–Kier alpha value is -0.220. The highest BCUT2D eigenvalue weighted by molar-refractivity contribution is 4.38. The molecule has 0 spiro atoms. The van der Waals surface area contributed by atoms with Crippen LogP contribution in [-0.2, 0) is 4.74 Å². The van der Waals surface area contributed by atoms with Crippen molar-refractivity contribution in [3.05, 3.63) is 0 Å². The van der Waals surface area contributed by atoms with Crippen LogP contribution in [0.25, 0.3) is 0 Å². The molecule has 0 aliphatic carbocycles. The van der Waals surface area contributed by atoms with Gasteiger partial charge in [-0.25, -0.2) is 0 Å². The van der Waals surface area contributed by atoms with Crippen molar-refractivity contribution in [1.82, 2.24) is 0 Å². The summed E-state index contributed by atoms with van der Waals surface area (Å²) in [5.74, 6) is 0. The number of halogens is 2. The van der Waals surface area contributed by atoms with E-state index in [-0.39, 0.29) is 0 Å². The maximum Gasteiger partial charge on any atom is 0.346 e. The van der Waals surface area contributed by atoms with E-state index in [0.717, 1.165) is 0 Å². The molecule has 0 aromatic rings. The molecule has 0 amide bonds. The molecule has 0 aromatic carbocycles. The summed E-state index contributed by atoms with van der Waals surface area (Å²) in [6.07, 6.45) is -0.417. The van der Waals surface area contributed by atoms with Crippen molar-refractivity contribution in [2.24, 2.45) is 5.73 Å². The van der Waals surface area contributed by atoms with Crippen LogP contribution in [0.1, 0.15) is 13.3 Å². The lowest BCUT2D eigenvalue weighted by atomic mass is 10.4. The van der Waals surface area contributed by atoms with Gasteiger partial charge < -0.3 is 10.5 Å². The Morgan fingerprint density at radius 1 is 1.62 bits per heavy atom. The largest absolute Gasteiger partial charge is 0.346 e. The highest BCUT2D eigenvalue weighted by Crippen LogP contribution is 1.98. The zero-order chi connectivity index (χ0) is 6.57. The number of nitrogens with two attached hydrogens (primary N) is 1. The van der Waals surface area contributed by atoms with Gasteiger partial charge in [0.1, 0.15) is 6.23 Å². The summed E-state index contributed by atoms with van der Waals surface area (Å²) in [6.45, 7) is -1.07. The molecule has 0 aliphatic heterocycles. The van der Waals surface area contributed by atoms with E-state index < -0.39 is 12.8 Å². The van der Waals surface area contributed by atoms with Gasteiger partial charge in [-0.3, -0.25) is 0 Å². The summed E-state index contributed by atoms with van der Waals surface area (Å²) in [6, 6.07) is 0. The average molecular weight is 125 g/mol. The molecule has 0 aromatic heterocycles. The van der Waals surface area contributed by atoms with Gasteiger partial charge in [-0.2, -0.15) is 8.78 Å². The minimum absolute atomic E-state index is 0.407. The minimum atomic E-state index is -2.75. The number of hydrogen-bond donors (Lipinski definition) is 1. The first-order valence-electron chi connectivity index (χ1n) is 2.36. The molecule has 0 saturated carbocycles. The fourth-order valence-corrected chi connectivity index (χ4v) is 0.228. The van der Waals surface area contributed by atoms with E-state index in [1.807, 2.05) is 0 Å². The van der Waals surface area contributed by atoms with Crippen molar-refractivity contribution in [3.8, 4) is 0 Å². The van der Waals surface area contributed by atoms with E-state index in [1.54, 1.807) is 6.92 Å².